The lowest BCUT2D eigenvalue weighted by molar-refractivity contribution is 0.0629. The Bertz CT molecular complexity index is 482. The summed E-state index contributed by atoms with van der Waals surface area (Å²) in [4.78, 5) is 14.4. The van der Waals surface area contributed by atoms with Crippen molar-refractivity contribution >= 4 is 11.6 Å². The minimum absolute atomic E-state index is 0.0561. The molecule has 0 atom stereocenters. The highest BCUT2D eigenvalue weighted by Gasteiger charge is 2.32. The maximum atomic E-state index is 12.5. The lowest BCUT2D eigenvalue weighted by atomic mass is 9.75. The van der Waals surface area contributed by atoms with E-state index in [1.165, 1.54) is 0 Å². The summed E-state index contributed by atoms with van der Waals surface area (Å²) in [5, 5.41) is 4.27. The number of nitrogens with zero attached hydrogens (tertiary/aromatic N) is 3. The molecule has 112 valence electrons. The van der Waals surface area contributed by atoms with Crippen LogP contribution < -0.4 is 5.73 Å². The van der Waals surface area contributed by atoms with Gasteiger partial charge < -0.3 is 10.6 Å². The van der Waals surface area contributed by atoms with E-state index in [4.69, 9.17) is 5.73 Å². The Hall–Kier alpha value is -1.52. The van der Waals surface area contributed by atoms with Gasteiger partial charge >= 0.3 is 0 Å². The molecular weight excluding hydrogens is 252 g/mol. The predicted molar refractivity (Wildman–Crippen MR) is 80.4 cm³/mol. The zero-order valence-corrected chi connectivity index (χ0v) is 13.0. The fourth-order valence-corrected chi connectivity index (χ4v) is 2.87. The van der Waals surface area contributed by atoms with E-state index >= 15 is 0 Å². The molecule has 1 amide bonds. The van der Waals surface area contributed by atoms with E-state index in [2.05, 4.69) is 18.9 Å². The lowest BCUT2D eigenvalue weighted by Crippen LogP contribution is -2.41. The molecule has 0 unspecified atom stereocenters. The van der Waals surface area contributed by atoms with Gasteiger partial charge in [0.05, 0.1) is 5.69 Å². The fraction of sp³-hybridized carbons (Fsp3) is 0.733. The standard InChI is InChI=1S/C15H26N4O/c1-5-19-10-12(16)13(17-19)14(20)18(4)11-6-8-15(2,3)9-7-11/h10-11H,5-9,16H2,1-4H3. The summed E-state index contributed by atoms with van der Waals surface area (Å²) in [7, 11) is 1.87. The number of nitrogen functional groups attached to an aromatic ring is 1. The van der Waals surface area contributed by atoms with Crippen LogP contribution in [0.1, 0.15) is 56.9 Å². The number of carbonyl (C=O) groups excluding carboxylic acids is 1. The summed E-state index contributed by atoms with van der Waals surface area (Å²) < 4.78 is 1.71. The Kier molecular flexibility index (Phi) is 4.06. The number of amides is 1. The van der Waals surface area contributed by atoms with E-state index in [-0.39, 0.29) is 5.91 Å². The second kappa shape index (κ2) is 5.46. The second-order valence-corrected chi connectivity index (χ2v) is 6.60. The summed E-state index contributed by atoms with van der Waals surface area (Å²) in [6, 6.07) is 0.307. The van der Waals surface area contributed by atoms with Crippen molar-refractivity contribution in [3.63, 3.8) is 0 Å². The number of rotatable bonds is 3. The van der Waals surface area contributed by atoms with Gasteiger partial charge in [-0.2, -0.15) is 5.10 Å². The molecule has 1 fully saturated rings. The Morgan fingerprint density at radius 3 is 2.60 bits per heavy atom. The number of hydrogen-bond acceptors (Lipinski definition) is 3. The first-order valence-corrected chi connectivity index (χ1v) is 7.44. The van der Waals surface area contributed by atoms with E-state index in [0.717, 1.165) is 32.2 Å². The minimum atomic E-state index is -0.0561. The van der Waals surface area contributed by atoms with Crippen LogP contribution in [-0.4, -0.2) is 33.7 Å². The molecule has 1 heterocycles. The van der Waals surface area contributed by atoms with E-state index in [1.807, 2.05) is 18.9 Å². The molecule has 0 aromatic carbocycles. The second-order valence-electron chi connectivity index (χ2n) is 6.60. The topological polar surface area (TPSA) is 64.2 Å². The average molecular weight is 278 g/mol. The van der Waals surface area contributed by atoms with Crippen molar-refractivity contribution < 1.29 is 4.79 Å². The van der Waals surface area contributed by atoms with Gasteiger partial charge in [-0.15, -0.1) is 0 Å². The third kappa shape index (κ3) is 2.97. The number of nitrogens with two attached hydrogens (primary N) is 1. The number of anilines is 1. The van der Waals surface area contributed by atoms with Crippen molar-refractivity contribution in [1.82, 2.24) is 14.7 Å². The van der Waals surface area contributed by atoms with E-state index in [1.54, 1.807) is 10.9 Å². The van der Waals surface area contributed by atoms with Gasteiger partial charge in [0.25, 0.3) is 5.91 Å². The molecule has 2 rings (SSSR count). The van der Waals surface area contributed by atoms with E-state index < -0.39 is 0 Å². The molecule has 1 saturated carbocycles. The molecule has 0 spiro atoms. The number of aromatic nitrogens is 2. The molecule has 2 N–H and O–H groups in total. The number of carbonyl (C=O) groups is 1. The molecular formula is C15H26N4O. The zero-order chi connectivity index (χ0) is 14.9. The Labute approximate surface area is 121 Å². The predicted octanol–water partition coefficient (Wildman–Crippen LogP) is 2.53. The Morgan fingerprint density at radius 1 is 1.50 bits per heavy atom. The molecule has 1 aliphatic carbocycles. The van der Waals surface area contributed by atoms with Crippen LogP contribution in [-0.2, 0) is 6.54 Å². The molecule has 1 aliphatic rings. The van der Waals surface area contributed by atoms with Crippen LogP contribution in [0.3, 0.4) is 0 Å². The molecule has 0 saturated heterocycles. The van der Waals surface area contributed by atoms with Gasteiger partial charge in [-0.05, 0) is 38.0 Å². The average Bonchev–Trinajstić information content (AvgIpc) is 2.78. The first-order valence-electron chi connectivity index (χ1n) is 7.44. The lowest BCUT2D eigenvalue weighted by Gasteiger charge is -2.38. The van der Waals surface area contributed by atoms with Crippen molar-refractivity contribution in [2.24, 2.45) is 5.41 Å². The van der Waals surface area contributed by atoms with Crippen molar-refractivity contribution in [2.75, 3.05) is 12.8 Å². The SMILES string of the molecule is CCn1cc(N)c(C(=O)N(C)C2CCC(C)(C)CC2)n1. The third-order valence-electron chi connectivity index (χ3n) is 4.49. The largest absolute Gasteiger partial charge is 0.396 e. The van der Waals surface area contributed by atoms with Crippen molar-refractivity contribution in [2.45, 2.75) is 59.0 Å². The summed E-state index contributed by atoms with van der Waals surface area (Å²) >= 11 is 0. The smallest absolute Gasteiger partial charge is 0.276 e. The molecule has 5 nitrogen and oxygen atoms in total. The van der Waals surface area contributed by atoms with Gasteiger partial charge in [0.15, 0.2) is 5.69 Å². The number of hydrogen-bond donors (Lipinski definition) is 1. The van der Waals surface area contributed by atoms with Gasteiger partial charge in [-0.1, -0.05) is 13.8 Å². The molecule has 0 aliphatic heterocycles. The zero-order valence-electron chi connectivity index (χ0n) is 13.0. The summed E-state index contributed by atoms with van der Waals surface area (Å²) in [6.07, 6.45) is 6.17. The van der Waals surface area contributed by atoms with E-state index in [9.17, 15) is 4.79 Å². The fourth-order valence-electron chi connectivity index (χ4n) is 2.87. The van der Waals surface area contributed by atoms with Gasteiger partial charge in [0.2, 0.25) is 0 Å². The normalized spacial score (nSPS) is 19.0. The van der Waals surface area contributed by atoms with Crippen LogP contribution >= 0.6 is 0 Å². The molecule has 0 bridgehead atoms. The molecule has 20 heavy (non-hydrogen) atoms. The van der Waals surface area contributed by atoms with Crippen LogP contribution in [0.4, 0.5) is 5.69 Å². The van der Waals surface area contributed by atoms with Gasteiger partial charge in [0.1, 0.15) is 0 Å². The highest BCUT2D eigenvalue weighted by atomic mass is 16.2. The number of aryl methyl sites for hydroxylation is 1. The highest BCUT2D eigenvalue weighted by Crippen LogP contribution is 2.36. The van der Waals surface area contributed by atoms with Crippen LogP contribution in [0.5, 0.6) is 0 Å². The highest BCUT2D eigenvalue weighted by molar-refractivity contribution is 5.97. The van der Waals surface area contributed by atoms with Gasteiger partial charge in [-0.25, -0.2) is 0 Å². The quantitative estimate of drug-likeness (QED) is 0.924. The maximum absolute atomic E-state index is 12.5. The minimum Gasteiger partial charge on any atom is -0.396 e. The maximum Gasteiger partial charge on any atom is 0.276 e. The van der Waals surface area contributed by atoms with Crippen LogP contribution in [0.15, 0.2) is 6.20 Å². The molecule has 0 radical (unpaired) electrons. The Morgan fingerprint density at radius 2 is 2.10 bits per heavy atom. The molecule has 1 aromatic rings. The first kappa shape index (κ1) is 14.9. The van der Waals surface area contributed by atoms with Gasteiger partial charge in [0, 0.05) is 25.8 Å². The summed E-state index contributed by atoms with van der Waals surface area (Å²) in [6.45, 7) is 7.30. The van der Waals surface area contributed by atoms with Crippen LogP contribution in [0.25, 0.3) is 0 Å². The van der Waals surface area contributed by atoms with Crippen molar-refractivity contribution in [1.29, 1.82) is 0 Å². The van der Waals surface area contributed by atoms with Gasteiger partial charge in [-0.3, -0.25) is 9.48 Å². The van der Waals surface area contributed by atoms with Crippen LogP contribution in [0.2, 0.25) is 0 Å². The van der Waals surface area contributed by atoms with Crippen molar-refractivity contribution in [3.05, 3.63) is 11.9 Å². The summed E-state index contributed by atoms with van der Waals surface area (Å²) in [5.74, 6) is -0.0561. The van der Waals surface area contributed by atoms with E-state index in [0.29, 0.717) is 22.8 Å². The first-order chi connectivity index (χ1) is 9.34. The molecule has 5 heteroatoms. The van der Waals surface area contributed by atoms with Crippen molar-refractivity contribution in [3.8, 4) is 0 Å². The summed E-state index contributed by atoms with van der Waals surface area (Å²) in [5.41, 5.74) is 7.16. The van der Waals surface area contributed by atoms with Crippen LogP contribution in [0, 0.1) is 5.41 Å². The molecule has 1 aromatic heterocycles. The monoisotopic (exact) mass is 278 g/mol. The Balaban J connectivity index is 2.07. The third-order valence-corrected chi connectivity index (χ3v) is 4.49.